The topological polar surface area (TPSA) is 99.1 Å². The van der Waals surface area contributed by atoms with Crippen molar-refractivity contribution in [3.8, 4) is 11.5 Å². The number of aromatic carboxylic acids is 1. The molecule has 0 unspecified atom stereocenters. The van der Waals surface area contributed by atoms with E-state index in [9.17, 15) is 18.8 Å². The number of unbranched alkanes of at least 4 members (excludes halogenated alkanes) is 3. The first-order valence-electron chi connectivity index (χ1n) is 11.3. The summed E-state index contributed by atoms with van der Waals surface area (Å²) in [4.78, 5) is 35.0. The number of carboxylic acids is 1. The number of carbonyl (C=O) groups excluding carboxylic acids is 2. The molecular weight excluding hydrogens is 443 g/mol. The lowest BCUT2D eigenvalue weighted by molar-refractivity contribution is -0.154. The van der Waals surface area contributed by atoms with Crippen LogP contribution < -0.4 is 9.47 Å². The Balaban J connectivity index is 1.70. The monoisotopic (exact) mass is 474 g/mol. The molecule has 7 nitrogen and oxygen atoms in total. The van der Waals surface area contributed by atoms with E-state index in [2.05, 4.69) is 0 Å². The van der Waals surface area contributed by atoms with E-state index >= 15 is 0 Å². The van der Waals surface area contributed by atoms with Gasteiger partial charge in [0.1, 0.15) is 17.3 Å². The first-order chi connectivity index (χ1) is 16.1. The van der Waals surface area contributed by atoms with Crippen LogP contribution in [0.2, 0.25) is 0 Å². The summed E-state index contributed by atoms with van der Waals surface area (Å²) in [6, 6.07) is 9.13. The first kappa shape index (κ1) is 26.8. The molecule has 2 aromatic carbocycles. The number of carboxylic acid groups (broad SMARTS) is 1. The van der Waals surface area contributed by atoms with Crippen LogP contribution in [-0.4, -0.2) is 36.2 Å². The van der Waals surface area contributed by atoms with E-state index < -0.39 is 23.2 Å². The van der Waals surface area contributed by atoms with Gasteiger partial charge >= 0.3 is 17.9 Å². The minimum atomic E-state index is -1.10. The highest BCUT2D eigenvalue weighted by atomic mass is 19.1. The van der Waals surface area contributed by atoms with Gasteiger partial charge in [-0.3, -0.25) is 4.79 Å². The summed E-state index contributed by atoms with van der Waals surface area (Å²) in [6.07, 6.45) is 4.02. The molecule has 0 amide bonds. The van der Waals surface area contributed by atoms with Crippen molar-refractivity contribution in [2.24, 2.45) is 5.41 Å². The molecule has 1 N–H and O–H groups in total. The molecule has 0 atom stereocenters. The molecule has 0 aliphatic heterocycles. The van der Waals surface area contributed by atoms with Crippen molar-refractivity contribution in [2.45, 2.75) is 52.9 Å². The number of ether oxygens (including phenoxy) is 3. The van der Waals surface area contributed by atoms with Gasteiger partial charge in [-0.25, -0.2) is 14.0 Å². The second kappa shape index (κ2) is 12.7. The Labute approximate surface area is 198 Å². The third kappa shape index (κ3) is 8.17. The van der Waals surface area contributed by atoms with E-state index in [1.54, 1.807) is 0 Å². The number of rotatable bonds is 13. The molecule has 184 valence electrons. The lowest BCUT2D eigenvalue weighted by Crippen LogP contribution is -2.26. The van der Waals surface area contributed by atoms with Crippen LogP contribution in [0.25, 0.3) is 0 Å². The molecule has 0 aliphatic carbocycles. The zero-order chi connectivity index (χ0) is 25.1. The molecule has 0 fully saturated rings. The lowest BCUT2D eigenvalue weighted by Gasteiger charge is -2.20. The third-order valence-electron chi connectivity index (χ3n) is 5.45. The maximum Gasteiger partial charge on any atom is 0.346 e. The predicted molar refractivity (Wildman–Crippen MR) is 124 cm³/mol. The van der Waals surface area contributed by atoms with Crippen molar-refractivity contribution < 1.29 is 38.1 Å². The van der Waals surface area contributed by atoms with Crippen LogP contribution in [-0.2, 0) is 9.53 Å². The molecule has 0 bridgehead atoms. The molecule has 34 heavy (non-hydrogen) atoms. The standard InChI is InChI=1S/C26H31FO7/c1-4-26(2,3)25(31)33-16-8-6-5-7-15-32-20-13-14-21(22(27)17-20)24(30)34-19-11-9-18(10-12-19)23(28)29/h9-14,17H,4-8,15-16H2,1-3H3,(H,28,29). The Kier molecular flexibility index (Phi) is 10.0. The first-order valence-corrected chi connectivity index (χ1v) is 11.3. The fourth-order valence-corrected chi connectivity index (χ4v) is 2.83. The van der Waals surface area contributed by atoms with Gasteiger partial charge in [0, 0.05) is 6.07 Å². The average Bonchev–Trinajstić information content (AvgIpc) is 2.80. The minimum Gasteiger partial charge on any atom is -0.493 e. The summed E-state index contributed by atoms with van der Waals surface area (Å²) in [5.41, 5.74) is -0.662. The van der Waals surface area contributed by atoms with E-state index in [1.165, 1.54) is 36.4 Å². The fraction of sp³-hybridized carbons (Fsp3) is 0.423. The SMILES string of the molecule is CCC(C)(C)C(=O)OCCCCCCOc1ccc(C(=O)Oc2ccc(C(=O)O)cc2)c(F)c1. The van der Waals surface area contributed by atoms with Crippen molar-refractivity contribution in [3.05, 3.63) is 59.4 Å². The van der Waals surface area contributed by atoms with Crippen LogP contribution in [0.4, 0.5) is 4.39 Å². The molecule has 0 heterocycles. The highest BCUT2D eigenvalue weighted by Gasteiger charge is 2.26. The van der Waals surface area contributed by atoms with Crippen LogP contribution in [0.5, 0.6) is 11.5 Å². The quantitative estimate of drug-likeness (QED) is 0.227. The molecule has 8 heteroatoms. The summed E-state index contributed by atoms with van der Waals surface area (Å²) in [5.74, 6) is -2.54. The van der Waals surface area contributed by atoms with Crippen molar-refractivity contribution in [2.75, 3.05) is 13.2 Å². The van der Waals surface area contributed by atoms with E-state index in [0.29, 0.717) is 19.0 Å². The number of hydrogen-bond donors (Lipinski definition) is 1. The van der Waals surface area contributed by atoms with Crippen LogP contribution in [0.15, 0.2) is 42.5 Å². The van der Waals surface area contributed by atoms with Gasteiger partial charge < -0.3 is 19.3 Å². The number of carbonyl (C=O) groups is 3. The molecule has 2 aromatic rings. The summed E-state index contributed by atoms with van der Waals surface area (Å²) in [6.45, 7) is 6.48. The van der Waals surface area contributed by atoms with E-state index in [0.717, 1.165) is 38.2 Å². The fourth-order valence-electron chi connectivity index (χ4n) is 2.83. The molecule has 0 saturated heterocycles. The van der Waals surface area contributed by atoms with Gasteiger partial charge in [-0.1, -0.05) is 6.92 Å². The van der Waals surface area contributed by atoms with Gasteiger partial charge in [0.05, 0.1) is 29.8 Å². The summed E-state index contributed by atoms with van der Waals surface area (Å²) in [5, 5.41) is 8.89. The van der Waals surface area contributed by atoms with Crippen molar-refractivity contribution >= 4 is 17.9 Å². The lowest BCUT2D eigenvalue weighted by atomic mass is 9.91. The third-order valence-corrected chi connectivity index (χ3v) is 5.45. The Morgan fingerprint density at radius 1 is 0.912 bits per heavy atom. The molecule has 0 aromatic heterocycles. The van der Waals surface area contributed by atoms with E-state index in [1.807, 2.05) is 20.8 Å². The number of esters is 2. The molecule has 0 saturated carbocycles. The smallest absolute Gasteiger partial charge is 0.346 e. The number of hydrogen-bond acceptors (Lipinski definition) is 6. The van der Waals surface area contributed by atoms with E-state index in [-0.39, 0.29) is 22.8 Å². The average molecular weight is 475 g/mol. The van der Waals surface area contributed by atoms with Gasteiger partial charge in [-0.2, -0.15) is 0 Å². The zero-order valence-electron chi connectivity index (χ0n) is 19.8. The molecule has 0 spiro atoms. The van der Waals surface area contributed by atoms with Crippen LogP contribution in [0.1, 0.15) is 73.6 Å². The Morgan fingerprint density at radius 3 is 2.12 bits per heavy atom. The Morgan fingerprint density at radius 2 is 1.53 bits per heavy atom. The number of halogens is 1. The van der Waals surface area contributed by atoms with Crippen LogP contribution >= 0.6 is 0 Å². The van der Waals surface area contributed by atoms with Crippen molar-refractivity contribution in [1.29, 1.82) is 0 Å². The van der Waals surface area contributed by atoms with Crippen molar-refractivity contribution in [1.82, 2.24) is 0 Å². The van der Waals surface area contributed by atoms with Crippen molar-refractivity contribution in [3.63, 3.8) is 0 Å². The van der Waals surface area contributed by atoms with Gasteiger partial charge in [0.15, 0.2) is 0 Å². The molecule has 0 aliphatic rings. The molecular formula is C26H31FO7. The van der Waals surface area contributed by atoms with Gasteiger partial charge in [-0.15, -0.1) is 0 Å². The highest BCUT2D eigenvalue weighted by Crippen LogP contribution is 2.22. The molecule has 0 radical (unpaired) electrons. The van der Waals surface area contributed by atoms with E-state index in [4.69, 9.17) is 19.3 Å². The minimum absolute atomic E-state index is 0.0481. The summed E-state index contributed by atoms with van der Waals surface area (Å²) in [7, 11) is 0. The highest BCUT2D eigenvalue weighted by molar-refractivity contribution is 5.92. The maximum atomic E-state index is 14.4. The predicted octanol–water partition coefficient (Wildman–Crippen LogP) is 5.66. The van der Waals surface area contributed by atoms with Gasteiger partial charge in [-0.05, 0) is 82.3 Å². The summed E-state index contributed by atoms with van der Waals surface area (Å²) < 4.78 is 30.3. The Bertz CT molecular complexity index is 983. The molecule has 2 rings (SSSR count). The zero-order valence-corrected chi connectivity index (χ0v) is 19.8. The Hall–Kier alpha value is -3.42. The maximum absolute atomic E-state index is 14.4. The van der Waals surface area contributed by atoms with Gasteiger partial charge in [0.2, 0.25) is 0 Å². The van der Waals surface area contributed by atoms with Crippen LogP contribution in [0, 0.1) is 11.2 Å². The summed E-state index contributed by atoms with van der Waals surface area (Å²) >= 11 is 0. The number of benzene rings is 2. The largest absolute Gasteiger partial charge is 0.493 e. The second-order valence-corrected chi connectivity index (χ2v) is 8.50. The normalized spacial score (nSPS) is 11.1. The van der Waals surface area contributed by atoms with Gasteiger partial charge in [0.25, 0.3) is 0 Å². The van der Waals surface area contributed by atoms with Crippen LogP contribution in [0.3, 0.4) is 0 Å². The second-order valence-electron chi connectivity index (χ2n) is 8.50.